The average molecular weight is 543 g/mol. The summed E-state index contributed by atoms with van der Waals surface area (Å²) in [5.41, 5.74) is -5.47. The maximum absolute atomic E-state index is 14.0. The topological polar surface area (TPSA) is 178 Å². The van der Waals surface area contributed by atoms with E-state index in [9.17, 15) is 33.9 Å². The molecule has 1 heterocycles. The molecule has 2 saturated carbocycles. The fraction of sp³-hybridized carbons (Fsp3) is 0.760. The monoisotopic (exact) mass is 542 g/mol. The van der Waals surface area contributed by atoms with Gasteiger partial charge in [0.15, 0.2) is 24.1 Å². The molecule has 0 aromatic rings. The van der Waals surface area contributed by atoms with Crippen LogP contribution in [0.15, 0.2) is 0 Å². The molecule has 0 unspecified atom stereocenters. The van der Waals surface area contributed by atoms with Crippen LogP contribution in [-0.4, -0.2) is 89.1 Å². The largest absolute Gasteiger partial charge is 0.465 e. The Morgan fingerprint density at radius 2 is 1.32 bits per heavy atom. The van der Waals surface area contributed by atoms with Gasteiger partial charge in [0.05, 0.1) is 17.6 Å². The van der Waals surface area contributed by atoms with E-state index in [1.807, 2.05) is 0 Å². The summed E-state index contributed by atoms with van der Waals surface area (Å²) in [7, 11) is 0. The Kier molecular flexibility index (Phi) is 7.70. The fourth-order valence-corrected chi connectivity index (χ4v) is 6.68. The molecule has 13 heteroatoms. The van der Waals surface area contributed by atoms with Crippen LogP contribution >= 0.6 is 0 Å². The highest BCUT2D eigenvalue weighted by molar-refractivity contribution is 5.92. The van der Waals surface area contributed by atoms with Gasteiger partial charge in [0.1, 0.15) is 23.7 Å². The third-order valence-electron chi connectivity index (χ3n) is 7.69. The first-order valence-electron chi connectivity index (χ1n) is 12.2. The number of aliphatic hydroxyl groups excluding tert-OH is 1. The van der Waals surface area contributed by atoms with Crippen LogP contribution < -0.4 is 0 Å². The molecule has 1 spiro atoms. The molecule has 9 atom stereocenters. The number of hydrogen-bond donors (Lipinski definition) is 1. The fourth-order valence-electron chi connectivity index (χ4n) is 6.68. The smallest absolute Gasteiger partial charge is 0.303 e. The summed E-state index contributed by atoms with van der Waals surface area (Å²) in [6.07, 6.45) is -8.09. The number of fused-ring (bicyclic) bond motifs is 1. The van der Waals surface area contributed by atoms with Crippen molar-refractivity contribution in [1.82, 2.24) is 0 Å². The minimum atomic E-state index is -2.13. The maximum Gasteiger partial charge on any atom is 0.303 e. The van der Waals surface area contributed by atoms with E-state index in [1.165, 1.54) is 6.92 Å². The van der Waals surface area contributed by atoms with Crippen LogP contribution in [0, 0.1) is 17.3 Å². The Morgan fingerprint density at radius 1 is 0.816 bits per heavy atom. The zero-order chi connectivity index (χ0) is 29.0. The van der Waals surface area contributed by atoms with Crippen LogP contribution in [0.25, 0.3) is 0 Å². The highest BCUT2D eigenvalue weighted by atomic mass is 16.6. The number of ether oxygens (including phenoxy) is 6. The first-order valence-corrected chi connectivity index (χ1v) is 12.2. The van der Waals surface area contributed by atoms with E-state index in [-0.39, 0.29) is 0 Å². The number of carbonyl (C=O) groups is 6. The molecular formula is C25H34O13. The van der Waals surface area contributed by atoms with Crippen molar-refractivity contribution in [2.75, 3.05) is 6.61 Å². The Bertz CT molecular complexity index is 1050. The lowest BCUT2D eigenvalue weighted by Crippen LogP contribution is -2.83. The normalized spacial score (nSPS) is 38.9. The number of carbonyl (C=O) groups excluding carboxylic acids is 6. The van der Waals surface area contributed by atoms with E-state index >= 15 is 0 Å². The molecule has 3 aliphatic rings. The van der Waals surface area contributed by atoms with Crippen LogP contribution in [-0.2, 0) is 57.2 Å². The minimum Gasteiger partial charge on any atom is -0.465 e. The average Bonchev–Trinajstić information content (AvgIpc) is 2.94. The summed E-state index contributed by atoms with van der Waals surface area (Å²) >= 11 is 0. The van der Waals surface area contributed by atoms with Gasteiger partial charge < -0.3 is 33.5 Å². The molecule has 3 rings (SSSR count). The van der Waals surface area contributed by atoms with E-state index in [0.717, 1.165) is 34.6 Å². The van der Waals surface area contributed by atoms with E-state index in [0.29, 0.717) is 0 Å². The Labute approximate surface area is 219 Å². The summed E-state index contributed by atoms with van der Waals surface area (Å²) in [5, 5.41) is 11.8. The molecule has 38 heavy (non-hydrogen) atoms. The molecule has 3 fully saturated rings. The van der Waals surface area contributed by atoms with Gasteiger partial charge in [0.25, 0.3) is 0 Å². The van der Waals surface area contributed by atoms with Gasteiger partial charge in [-0.1, -0.05) is 6.92 Å². The summed E-state index contributed by atoms with van der Waals surface area (Å²) in [6.45, 7) is 9.24. The van der Waals surface area contributed by atoms with Crippen LogP contribution in [0.5, 0.6) is 0 Å². The molecule has 13 nitrogen and oxygen atoms in total. The summed E-state index contributed by atoms with van der Waals surface area (Å²) in [5.74, 6) is -7.33. The Morgan fingerprint density at radius 3 is 1.79 bits per heavy atom. The van der Waals surface area contributed by atoms with Crippen molar-refractivity contribution in [3.63, 3.8) is 0 Å². The zero-order valence-corrected chi connectivity index (χ0v) is 22.6. The van der Waals surface area contributed by atoms with E-state index < -0.39 is 101 Å². The first-order chi connectivity index (χ1) is 17.4. The Balaban J connectivity index is 2.48. The van der Waals surface area contributed by atoms with Crippen LogP contribution in [0.3, 0.4) is 0 Å². The number of esters is 5. The van der Waals surface area contributed by atoms with Gasteiger partial charge in [-0.05, 0) is 13.8 Å². The molecular weight excluding hydrogens is 508 g/mol. The molecule has 2 bridgehead atoms. The van der Waals surface area contributed by atoms with Crippen LogP contribution in [0.4, 0.5) is 0 Å². The quantitative estimate of drug-likeness (QED) is 0.351. The number of rotatable bonds is 6. The van der Waals surface area contributed by atoms with Crippen LogP contribution in [0.1, 0.15) is 55.4 Å². The maximum atomic E-state index is 14.0. The van der Waals surface area contributed by atoms with E-state index in [4.69, 9.17) is 28.4 Å². The van der Waals surface area contributed by atoms with Gasteiger partial charge in [-0.25, -0.2) is 0 Å². The Hall–Kier alpha value is -3.06. The van der Waals surface area contributed by atoms with Gasteiger partial charge in [0.2, 0.25) is 0 Å². The minimum absolute atomic E-state index is 0.751. The lowest BCUT2D eigenvalue weighted by Gasteiger charge is -2.63. The third kappa shape index (κ3) is 4.35. The van der Waals surface area contributed by atoms with Gasteiger partial charge in [0, 0.05) is 40.5 Å². The molecule has 1 aliphatic heterocycles. The number of ketones is 1. The second-order valence-electron chi connectivity index (χ2n) is 10.6. The van der Waals surface area contributed by atoms with Crippen molar-refractivity contribution in [2.24, 2.45) is 17.3 Å². The summed E-state index contributed by atoms with van der Waals surface area (Å²) in [6, 6.07) is 0. The predicted octanol–water partition coefficient (Wildman–Crippen LogP) is 0.0198. The summed E-state index contributed by atoms with van der Waals surface area (Å²) in [4.78, 5) is 75.3. The molecule has 0 radical (unpaired) electrons. The third-order valence-corrected chi connectivity index (χ3v) is 7.69. The van der Waals surface area contributed by atoms with Crippen molar-refractivity contribution in [3.05, 3.63) is 0 Å². The lowest BCUT2D eigenvalue weighted by molar-refractivity contribution is -0.333. The second kappa shape index (κ2) is 9.92. The van der Waals surface area contributed by atoms with Gasteiger partial charge in [-0.2, -0.15) is 0 Å². The van der Waals surface area contributed by atoms with Crippen molar-refractivity contribution < 1.29 is 62.3 Å². The molecule has 2 aliphatic carbocycles. The van der Waals surface area contributed by atoms with E-state index in [2.05, 4.69) is 0 Å². The second-order valence-corrected chi connectivity index (χ2v) is 10.6. The number of hydrogen-bond acceptors (Lipinski definition) is 13. The van der Waals surface area contributed by atoms with Crippen molar-refractivity contribution in [2.45, 2.75) is 97.1 Å². The molecule has 0 aromatic carbocycles. The van der Waals surface area contributed by atoms with Crippen molar-refractivity contribution in [1.29, 1.82) is 0 Å². The first kappa shape index (κ1) is 29.5. The molecule has 0 aromatic heterocycles. The molecule has 1 saturated heterocycles. The van der Waals surface area contributed by atoms with Gasteiger partial charge >= 0.3 is 29.8 Å². The molecule has 0 amide bonds. The SMILES string of the molecule is CC(=O)OC[C@]12[C@H](OC(C)=O)C(=O)[C@@H]3[C@@H](O)[C@]1(OC3(C)C)[C@H](C)[C@@H](OC(C)=O)[C@H](OC(C)=O)[C@@H]2OC(C)=O. The van der Waals surface area contributed by atoms with E-state index in [1.54, 1.807) is 13.8 Å². The lowest BCUT2D eigenvalue weighted by atomic mass is 9.47. The van der Waals surface area contributed by atoms with Crippen LogP contribution in [0.2, 0.25) is 0 Å². The summed E-state index contributed by atoms with van der Waals surface area (Å²) < 4.78 is 34.2. The van der Waals surface area contributed by atoms with Crippen molar-refractivity contribution >= 4 is 35.6 Å². The van der Waals surface area contributed by atoms with Gasteiger partial charge in [-0.15, -0.1) is 0 Å². The van der Waals surface area contributed by atoms with Gasteiger partial charge in [-0.3, -0.25) is 28.8 Å². The molecule has 212 valence electrons. The number of aliphatic hydroxyl groups is 1. The van der Waals surface area contributed by atoms with Crippen molar-refractivity contribution in [3.8, 4) is 0 Å². The highest BCUT2D eigenvalue weighted by Gasteiger charge is 2.86. The standard InChI is InChI=1S/C25H34O13/c1-10-18(34-12(3)27)19(35-13(4)28)22(37-15(6)30)24(9-33-11(2)26)21(36-14(5)29)17(31)16-20(32)25(10,24)38-23(16,7)8/h10,16,18-22,32H,9H2,1-8H3/t10-,16-,18-,19+,20-,21-,22+,24-,25-/m1/s1. The zero-order valence-electron chi connectivity index (χ0n) is 22.6. The molecule has 1 N–H and O–H groups in total. The highest BCUT2D eigenvalue weighted by Crippen LogP contribution is 2.66. The predicted molar refractivity (Wildman–Crippen MR) is 123 cm³/mol. The number of Topliss-reactive ketones (excluding diaryl/α,β-unsaturated/α-hetero) is 1.